The molecule has 1 unspecified atom stereocenters. The summed E-state index contributed by atoms with van der Waals surface area (Å²) in [6.45, 7) is 1.78. The number of halogens is 1. The van der Waals surface area contributed by atoms with Crippen molar-refractivity contribution >= 4 is 61.1 Å². The number of allylic oxidation sites excluding steroid dienone is 3. The van der Waals surface area contributed by atoms with Crippen molar-refractivity contribution in [3.05, 3.63) is 107 Å². The van der Waals surface area contributed by atoms with Crippen LogP contribution in [0.3, 0.4) is 0 Å². The van der Waals surface area contributed by atoms with E-state index in [0.29, 0.717) is 43.7 Å². The van der Waals surface area contributed by atoms with Gasteiger partial charge in [0.1, 0.15) is 42.3 Å². The molecule has 274 valence electrons. The van der Waals surface area contributed by atoms with E-state index < -0.39 is 29.8 Å². The van der Waals surface area contributed by atoms with E-state index in [9.17, 15) is 24.3 Å². The van der Waals surface area contributed by atoms with Crippen LogP contribution in [-0.2, 0) is 38.1 Å². The summed E-state index contributed by atoms with van der Waals surface area (Å²) in [4.78, 5) is 50.5. The van der Waals surface area contributed by atoms with E-state index in [2.05, 4.69) is 20.7 Å². The third-order valence-corrected chi connectivity index (χ3v) is 9.64. The highest BCUT2D eigenvalue weighted by molar-refractivity contribution is 9.10. The van der Waals surface area contributed by atoms with Gasteiger partial charge >= 0.3 is 11.9 Å². The van der Waals surface area contributed by atoms with Gasteiger partial charge in [0.2, 0.25) is 0 Å². The highest BCUT2D eigenvalue weighted by Crippen LogP contribution is 2.47. The fraction of sp³-hybridized carbons (Fsp3) is 0.231. The van der Waals surface area contributed by atoms with Gasteiger partial charge in [-0.2, -0.15) is 0 Å². The Bertz CT molecular complexity index is 2050. The molecule has 0 bridgehead atoms. The molecular formula is C39H34BrNO11S. The third-order valence-electron chi connectivity index (χ3n) is 7.93. The minimum atomic E-state index is -1.17. The molecule has 1 N–H and O–H groups in total. The number of cyclic esters (lactones) is 2. The molecule has 1 atom stereocenters. The molecule has 0 radical (unpaired) electrons. The van der Waals surface area contributed by atoms with Crippen LogP contribution >= 0.6 is 27.3 Å². The van der Waals surface area contributed by atoms with Crippen LogP contribution in [0.2, 0.25) is 0 Å². The highest BCUT2D eigenvalue weighted by atomic mass is 79.9. The predicted molar refractivity (Wildman–Crippen MR) is 199 cm³/mol. The SMILES string of the molecule is O=C1CCC(N2C(=O)/C=C/C=C(OCCOCCOCCOc3ccc(Oc4c(-c5ccc(Br)cc5)sc5cc(O)ccc45)cc3)\C=C\C2=O)C(=O)O1. The number of carbonyl (C=O) groups excluding carboxylic acids is 4. The molecule has 53 heavy (non-hydrogen) atoms. The number of phenols is 1. The first-order valence-corrected chi connectivity index (χ1v) is 18.2. The van der Waals surface area contributed by atoms with Crippen LogP contribution in [0.1, 0.15) is 12.8 Å². The lowest BCUT2D eigenvalue weighted by molar-refractivity contribution is -0.172. The van der Waals surface area contributed by atoms with Gasteiger partial charge in [0, 0.05) is 33.1 Å². The molecule has 6 rings (SSSR count). The molecule has 0 aliphatic carbocycles. The van der Waals surface area contributed by atoms with Gasteiger partial charge in [0.05, 0.1) is 31.3 Å². The second kappa shape index (κ2) is 18.0. The smallest absolute Gasteiger partial charge is 0.337 e. The van der Waals surface area contributed by atoms with Gasteiger partial charge in [-0.3, -0.25) is 19.3 Å². The van der Waals surface area contributed by atoms with E-state index in [1.807, 2.05) is 54.6 Å². The van der Waals surface area contributed by atoms with Gasteiger partial charge in [0.25, 0.3) is 11.8 Å². The molecule has 1 aromatic heterocycles. The summed E-state index contributed by atoms with van der Waals surface area (Å²) < 4.78 is 35.5. The lowest BCUT2D eigenvalue weighted by Crippen LogP contribution is -2.50. The number of nitrogens with zero attached hydrogens (tertiary/aromatic N) is 1. The van der Waals surface area contributed by atoms with Crippen molar-refractivity contribution in [1.82, 2.24) is 4.90 Å². The zero-order valence-electron chi connectivity index (χ0n) is 28.2. The van der Waals surface area contributed by atoms with Crippen LogP contribution in [0.25, 0.3) is 20.5 Å². The molecule has 3 aromatic carbocycles. The standard InChI is InChI=1S/C39H34BrNO11S/c40-26-6-4-25(5-7-26)38-37(31-14-8-27(42)24-33(31)53-38)51-30-11-9-29(10-12-30)50-23-21-48-19-18-47-20-22-49-28-2-1-3-34(43)41(35(44)16-13-28)32-15-17-36(45)52-39(32)46/h1-14,16,24,32,42H,15,17-23H2/b3-1+,16-13+,28-2+. The van der Waals surface area contributed by atoms with Crippen LogP contribution in [0.5, 0.6) is 23.0 Å². The molecule has 0 saturated carbocycles. The van der Waals surface area contributed by atoms with Crippen LogP contribution in [0, 0.1) is 0 Å². The van der Waals surface area contributed by atoms with Crippen molar-refractivity contribution in [1.29, 1.82) is 0 Å². The maximum atomic E-state index is 12.7. The molecular weight excluding hydrogens is 770 g/mol. The Morgan fingerprint density at radius 3 is 2.21 bits per heavy atom. The molecule has 1 fully saturated rings. The number of esters is 2. The number of amides is 2. The zero-order chi connectivity index (χ0) is 37.2. The van der Waals surface area contributed by atoms with Crippen molar-refractivity contribution in [3.63, 3.8) is 0 Å². The summed E-state index contributed by atoms with van der Waals surface area (Å²) >= 11 is 5.04. The second-order valence-corrected chi connectivity index (χ2v) is 13.6. The zero-order valence-corrected chi connectivity index (χ0v) is 30.6. The van der Waals surface area contributed by atoms with E-state index in [0.717, 1.165) is 47.8 Å². The van der Waals surface area contributed by atoms with E-state index in [1.165, 1.54) is 18.2 Å². The number of hydrogen-bond acceptors (Lipinski definition) is 12. The van der Waals surface area contributed by atoms with E-state index in [-0.39, 0.29) is 31.8 Å². The summed E-state index contributed by atoms with van der Waals surface area (Å²) in [5.74, 6) is -0.510. The molecule has 2 aliphatic heterocycles. The predicted octanol–water partition coefficient (Wildman–Crippen LogP) is 6.85. The Morgan fingerprint density at radius 1 is 0.792 bits per heavy atom. The van der Waals surface area contributed by atoms with Crippen LogP contribution in [0.4, 0.5) is 0 Å². The Labute approximate surface area is 316 Å². The Morgan fingerprint density at radius 2 is 1.47 bits per heavy atom. The average Bonchev–Trinajstić information content (AvgIpc) is 3.51. The summed E-state index contributed by atoms with van der Waals surface area (Å²) in [6, 6.07) is 19.4. The highest BCUT2D eigenvalue weighted by Gasteiger charge is 2.38. The average molecular weight is 805 g/mol. The fourth-order valence-corrected chi connectivity index (χ4v) is 6.81. The number of carbonyl (C=O) groups is 4. The van der Waals surface area contributed by atoms with Crippen molar-refractivity contribution in [2.75, 3.05) is 39.6 Å². The lowest BCUT2D eigenvalue weighted by Gasteiger charge is -2.28. The number of benzene rings is 3. The number of rotatable bonds is 15. The van der Waals surface area contributed by atoms with Crippen LogP contribution in [-0.4, -0.2) is 79.4 Å². The van der Waals surface area contributed by atoms with Crippen molar-refractivity contribution in [2.24, 2.45) is 0 Å². The summed E-state index contributed by atoms with van der Waals surface area (Å²) in [6.07, 6.45) is 6.51. The van der Waals surface area contributed by atoms with Crippen LogP contribution in [0.15, 0.2) is 107 Å². The minimum absolute atomic E-state index is 0.00440. The monoisotopic (exact) mass is 803 g/mol. The number of fused-ring (bicyclic) bond motifs is 1. The molecule has 4 aromatic rings. The van der Waals surface area contributed by atoms with E-state index in [4.69, 9.17) is 23.7 Å². The summed E-state index contributed by atoms with van der Waals surface area (Å²) in [7, 11) is 0. The number of phenolic OH excluding ortho intramolecular Hbond substituents is 1. The third kappa shape index (κ3) is 9.99. The molecule has 2 amide bonds. The topological polar surface area (TPSA) is 147 Å². The van der Waals surface area contributed by atoms with Gasteiger partial charge in [-0.1, -0.05) is 34.1 Å². The van der Waals surface area contributed by atoms with Gasteiger partial charge in [-0.05, 0) is 78.7 Å². The van der Waals surface area contributed by atoms with E-state index in [1.54, 1.807) is 23.5 Å². The van der Waals surface area contributed by atoms with Crippen molar-refractivity contribution in [3.8, 4) is 33.4 Å². The Hall–Kier alpha value is -5.28. The number of hydrogen-bond donors (Lipinski definition) is 1. The second-order valence-electron chi connectivity index (χ2n) is 11.6. The number of thiophene rings is 1. The lowest BCUT2D eigenvalue weighted by atomic mass is 10.1. The summed E-state index contributed by atoms with van der Waals surface area (Å²) in [5, 5.41) is 10.9. The molecule has 2 aliphatic rings. The molecule has 3 heterocycles. The van der Waals surface area contributed by atoms with Crippen LogP contribution < -0.4 is 9.47 Å². The number of imide groups is 1. The molecule has 14 heteroatoms. The van der Waals surface area contributed by atoms with Gasteiger partial charge < -0.3 is 33.5 Å². The minimum Gasteiger partial charge on any atom is -0.508 e. The first-order valence-electron chi connectivity index (χ1n) is 16.6. The number of aromatic hydroxyl groups is 1. The first-order chi connectivity index (χ1) is 25.7. The summed E-state index contributed by atoms with van der Waals surface area (Å²) in [5.41, 5.74) is 1.01. The maximum Gasteiger partial charge on any atom is 0.337 e. The van der Waals surface area contributed by atoms with Gasteiger partial charge in [-0.15, -0.1) is 11.3 Å². The normalized spacial score (nSPS) is 18.4. The fourth-order valence-electron chi connectivity index (χ4n) is 5.38. The maximum absolute atomic E-state index is 12.7. The molecule has 12 nitrogen and oxygen atoms in total. The van der Waals surface area contributed by atoms with Crippen molar-refractivity contribution in [2.45, 2.75) is 18.9 Å². The number of ether oxygens (including phenoxy) is 6. The Balaban J connectivity index is 0.884. The molecule has 1 saturated heterocycles. The first kappa shape index (κ1) is 37.5. The van der Waals surface area contributed by atoms with Gasteiger partial charge in [-0.25, -0.2) is 4.79 Å². The van der Waals surface area contributed by atoms with Crippen molar-refractivity contribution < 1.29 is 52.7 Å². The van der Waals surface area contributed by atoms with E-state index >= 15 is 0 Å². The molecule has 0 spiro atoms. The Kier molecular flexibility index (Phi) is 12.7. The largest absolute Gasteiger partial charge is 0.508 e. The van der Waals surface area contributed by atoms with Gasteiger partial charge in [0.15, 0.2) is 5.75 Å². The quantitative estimate of drug-likeness (QED) is 0.0582.